The molecule has 0 atom stereocenters. The van der Waals surface area contributed by atoms with Gasteiger partial charge in [0.1, 0.15) is 5.15 Å². The van der Waals surface area contributed by atoms with Gasteiger partial charge in [0.15, 0.2) is 0 Å². The summed E-state index contributed by atoms with van der Waals surface area (Å²) in [6.07, 6.45) is 2.51. The van der Waals surface area contributed by atoms with Gasteiger partial charge >= 0.3 is 0 Å². The van der Waals surface area contributed by atoms with Crippen LogP contribution in [-0.2, 0) is 6.54 Å². The van der Waals surface area contributed by atoms with Gasteiger partial charge in [-0.25, -0.2) is 4.98 Å². The van der Waals surface area contributed by atoms with Crippen LogP contribution in [0.5, 0.6) is 0 Å². The van der Waals surface area contributed by atoms with E-state index in [1.807, 2.05) is 12.1 Å². The lowest BCUT2D eigenvalue weighted by Gasteiger charge is -2.02. The van der Waals surface area contributed by atoms with Crippen molar-refractivity contribution >= 4 is 11.6 Å². The zero-order valence-electron chi connectivity index (χ0n) is 6.76. The molecule has 1 fully saturated rings. The molecule has 0 saturated heterocycles. The van der Waals surface area contributed by atoms with Crippen molar-refractivity contribution in [3.63, 3.8) is 0 Å². The van der Waals surface area contributed by atoms with Crippen LogP contribution in [0, 0.1) is 0 Å². The average Bonchev–Trinajstić information content (AvgIpc) is 2.86. The molecule has 0 bridgehead atoms. The quantitative estimate of drug-likeness (QED) is 0.712. The van der Waals surface area contributed by atoms with E-state index < -0.39 is 0 Å². The maximum atomic E-state index is 5.91. The summed E-state index contributed by atoms with van der Waals surface area (Å²) in [6.45, 7) is 0.469. The standard InChI is InChI=1S/C9H11ClN2/c10-9-7(5-11)3-4-8(12-9)6-1-2-6/h3-4,6H,1-2,5,11H2. The second-order valence-electron chi connectivity index (χ2n) is 3.16. The maximum Gasteiger partial charge on any atom is 0.133 e. The lowest BCUT2D eigenvalue weighted by atomic mass is 10.2. The van der Waals surface area contributed by atoms with E-state index >= 15 is 0 Å². The molecule has 0 aliphatic heterocycles. The topological polar surface area (TPSA) is 38.9 Å². The first-order valence-electron chi connectivity index (χ1n) is 4.16. The van der Waals surface area contributed by atoms with E-state index in [2.05, 4.69) is 4.98 Å². The number of hydrogen-bond donors (Lipinski definition) is 1. The number of nitrogens with zero attached hydrogens (tertiary/aromatic N) is 1. The van der Waals surface area contributed by atoms with Crippen LogP contribution in [0.15, 0.2) is 12.1 Å². The molecule has 64 valence electrons. The van der Waals surface area contributed by atoms with Crippen LogP contribution < -0.4 is 5.73 Å². The zero-order valence-corrected chi connectivity index (χ0v) is 7.51. The Kier molecular flexibility index (Phi) is 2.03. The van der Waals surface area contributed by atoms with Crippen molar-refractivity contribution in [1.29, 1.82) is 0 Å². The van der Waals surface area contributed by atoms with E-state index in [1.54, 1.807) is 0 Å². The summed E-state index contributed by atoms with van der Waals surface area (Å²) in [7, 11) is 0. The van der Waals surface area contributed by atoms with Gasteiger partial charge in [0.2, 0.25) is 0 Å². The summed E-state index contributed by atoms with van der Waals surface area (Å²) in [6, 6.07) is 4.01. The monoisotopic (exact) mass is 182 g/mol. The highest BCUT2D eigenvalue weighted by Gasteiger charge is 2.25. The van der Waals surface area contributed by atoms with Crippen molar-refractivity contribution in [1.82, 2.24) is 4.98 Å². The fraction of sp³-hybridized carbons (Fsp3) is 0.444. The van der Waals surface area contributed by atoms with Gasteiger partial charge in [0, 0.05) is 23.7 Å². The Morgan fingerprint density at radius 3 is 2.75 bits per heavy atom. The lowest BCUT2D eigenvalue weighted by molar-refractivity contribution is 0.981. The number of rotatable bonds is 2. The Hall–Kier alpha value is -0.600. The normalized spacial score (nSPS) is 16.5. The summed E-state index contributed by atoms with van der Waals surface area (Å²) in [5.41, 5.74) is 7.52. The third kappa shape index (κ3) is 1.45. The summed E-state index contributed by atoms with van der Waals surface area (Å²) in [4.78, 5) is 4.29. The number of nitrogens with two attached hydrogens (primary N) is 1. The van der Waals surface area contributed by atoms with Gasteiger partial charge in [-0.05, 0) is 18.9 Å². The first-order chi connectivity index (χ1) is 5.81. The van der Waals surface area contributed by atoms with Gasteiger partial charge < -0.3 is 5.73 Å². The van der Waals surface area contributed by atoms with Gasteiger partial charge in [-0.1, -0.05) is 17.7 Å². The Labute approximate surface area is 76.7 Å². The average molecular weight is 183 g/mol. The fourth-order valence-electron chi connectivity index (χ4n) is 1.24. The smallest absolute Gasteiger partial charge is 0.133 e. The molecule has 1 aromatic rings. The van der Waals surface area contributed by atoms with Crippen LogP contribution in [-0.4, -0.2) is 4.98 Å². The third-order valence-corrected chi connectivity index (χ3v) is 2.49. The van der Waals surface area contributed by atoms with E-state index in [4.69, 9.17) is 17.3 Å². The Morgan fingerprint density at radius 1 is 1.50 bits per heavy atom. The maximum absolute atomic E-state index is 5.91. The highest BCUT2D eigenvalue weighted by Crippen LogP contribution is 2.39. The molecule has 0 spiro atoms. The SMILES string of the molecule is NCc1ccc(C2CC2)nc1Cl. The van der Waals surface area contributed by atoms with Gasteiger partial charge in [-0.15, -0.1) is 0 Å². The van der Waals surface area contributed by atoms with Crippen LogP contribution in [0.25, 0.3) is 0 Å². The molecular formula is C9H11ClN2. The van der Waals surface area contributed by atoms with Crippen LogP contribution in [0.3, 0.4) is 0 Å². The minimum atomic E-state index is 0.469. The highest BCUT2D eigenvalue weighted by molar-refractivity contribution is 6.30. The zero-order chi connectivity index (χ0) is 8.55. The molecule has 1 aliphatic rings. The molecule has 0 aromatic carbocycles. The summed E-state index contributed by atoms with van der Waals surface area (Å²) < 4.78 is 0. The second kappa shape index (κ2) is 3.04. The summed E-state index contributed by atoms with van der Waals surface area (Å²) >= 11 is 5.91. The first kappa shape index (κ1) is 8.02. The van der Waals surface area contributed by atoms with Crippen molar-refractivity contribution in [3.8, 4) is 0 Å². The largest absolute Gasteiger partial charge is 0.326 e. The van der Waals surface area contributed by atoms with Crippen LogP contribution in [0.4, 0.5) is 0 Å². The molecule has 0 unspecified atom stereocenters. The first-order valence-corrected chi connectivity index (χ1v) is 4.54. The molecule has 2 nitrogen and oxygen atoms in total. The number of hydrogen-bond acceptors (Lipinski definition) is 2. The van der Waals surface area contributed by atoms with Gasteiger partial charge in [-0.3, -0.25) is 0 Å². The minimum absolute atomic E-state index is 0.469. The molecule has 1 saturated carbocycles. The third-order valence-electron chi connectivity index (χ3n) is 2.16. The molecule has 3 heteroatoms. The van der Waals surface area contributed by atoms with E-state index in [1.165, 1.54) is 12.8 Å². The predicted molar refractivity (Wildman–Crippen MR) is 49.1 cm³/mol. The van der Waals surface area contributed by atoms with E-state index in [9.17, 15) is 0 Å². The Balaban J connectivity index is 2.30. The number of halogens is 1. The van der Waals surface area contributed by atoms with Crippen LogP contribution in [0.1, 0.15) is 30.0 Å². The fourth-order valence-corrected chi connectivity index (χ4v) is 1.47. The Bertz CT molecular complexity index is 295. The van der Waals surface area contributed by atoms with Crippen LogP contribution in [0.2, 0.25) is 5.15 Å². The molecule has 1 aliphatic carbocycles. The summed E-state index contributed by atoms with van der Waals surface area (Å²) in [5.74, 6) is 0.661. The van der Waals surface area contributed by atoms with Crippen molar-refractivity contribution in [2.24, 2.45) is 5.73 Å². The van der Waals surface area contributed by atoms with Crippen molar-refractivity contribution in [2.45, 2.75) is 25.3 Å². The second-order valence-corrected chi connectivity index (χ2v) is 3.52. The van der Waals surface area contributed by atoms with Gasteiger partial charge in [-0.2, -0.15) is 0 Å². The molecular weight excluding hydrogens is 172 g/mol. The molecule has 2 N–H and O–H groups in total. The number of aromatic nitrogens is 1. The summed E-state index contributed by atoms with van der Waals surface area (Å²) in [5, 5.41) is 0.571. The molecule has 12 heavy (non-hydrogen) atoms. The van der Waals surface area contributed by atoms with Crippen molar-refractivity contribution < 1.29 is 0 Å². The molecule has 0 radical (unpaired) electrons. The van der Waals surface area contributed by atoms with E-state index in [0.717, 1.165) is 11.3 Å². The molecule has 2 rings (SSSR count). The van der Waals surface area contributed by atoms with Gasteiger partial charge in [0.25, 0.3) is 0 Å². The van der Waals surface area contributed by atoms with E-state index in [-0.39, 0.29) is 0 Å². The lowest BCUT2D eigenvalue weighted by Crippen LogP contribution is -1.99. The van der Waals surface area contributed by atoms with Crippen LogP contribution >= 0.6 is 11.6 Å². The predicted octanol–water partition coefficient (Wildman–Crippen LogP) is 2.07. The van der Waals surface area contributed by atoms with Crippen molar-refractivity contribution in [3.05, 3.63) is 28.5 Å². The van der Waals surface area contributed by atoms with E-state index in [0.29, 0.717) is 17.6 Å². The molecule has 1 heterocycles. The highest BCUT2D eigenvalue weighted by atomic mass is 35.5. The molecule has 0 amide bonds. The Morgan fingerprint density at radius 2 is 2.25 bits per heavy atom. The number of pyridine rings is 1. The van der Waals surface area contributed by atoms with Crippen molar-refractivity contribution in [2.75, 3.05) is 0 Å². The minimum Gasteiger partial charge on any atom is -0.326 e. The molecule has 1 aromatic heterocycles. The van der Waals surface area contributed by atoms with Gasteiger partial charge in [0.05, 0.1) is 0 Å².